The Morgan fingerprint density at radius 3 is 2.83 bits per heavy atom. The van der Waals surface area contributed by atoms with E-state index in [1.807, 2.05) is 13.1 Å². The Hall–Kier alpha value is -1.19. The molecule has 1 fully saturated rings. The summed E-state index contributed by atoms with van der Waals surface area (Å²) >= 11 is 0. The van der Waals surface area contributed by atoms with Crippen LogP contribution >= 0.6 is 0 Å². The third-order valence-corrected chi connectivity index (χ3v) is 4.69. The average Bonchev–Trinajstić information content (AvgIpc) is 2.61. The lowest BCUT2D eigenvalue weighted by Crippen LogP contribution is -2.53. The van der Waals surface area contributed by atoms with Crippen LogP contribution in [0.1, 0.15) is 40.5 Å². The fourth-order valence-electron chi connectivity index (χ4n) is 3.36. The number of ketones is 1. The lowest BCUT2D eigenvalue weighted by Gasteiger charge is -2.43. The first kappa shape index (κ1) is 13.2. The highest BCUT2D eigenvalue weighted by Gasteiger charge is 2.61. The molecule has 1 aliphatic heterocycles. The molecule has 0 aromatic heterocycles. The smallest absolute Gasteiger partial charge is 0.334 e. The molecule has 1 aliphatic carbocycles. The van der Waals surface area contributed by atoms with Crippen molar-refractivity contribution in [2.45, 2.75) is 46.1 Å². The number of fused-ring (bicyclic) bond motifs is 1. The van der Waals surface area contributed by atoms with Gasteiger partial charge in [-0.3, -0.25) is 9.79 Å². The molecule has 4 nitrogen and oxygen atoms in total. The van der Waals surface area contributed by atoms with Gasteiger partial charge in [-0.2, -0.15) is 0 Å². The molecule has 0 bridgehead atoms. The van der Waals surface area contributed by atoms with E-state index in [9.17, 15) is 9.59 Å². The minimum atomic E-state index is -1.03. The Balaban J connectivity index is 2.39. The lowest BCUT2D eigenvalue weighted by molar-refractivity contribution is -0.156. The van der Waals surface area contributed by atoms with Gasteiger partial charge in [0, 0.05) is 18.1 Å². The number of hydrogen-bond acceptors (Lipinski definition) is 4. The molecule has 0 spiro atoms. The summed E-state index contributed by atoms with van der Waals surface area (Å²) in [6.07, 6.45) is 3.23. The predicted molar refractivity (Wildman–Crippen MR) is 68.5 cm³/mol. The second kappa shape index (κ2) is 4.18. The van der Waals surface area contributed by atoms with Crippen molar-refractivity contribution >= 4 is 18.0 Å². The second-order valence-corrected chi connectivity index (χ2v) is 5.83. The summed E-state index contributed by atoms with van der Waals surface area (Å²) in [6.45, 7) is 7.98. The molecule has 0 amide bonds. The van der Waals surface area contributed by atoms with Crippen molar-refractivity contribution in [1.29, 1.82) is 0 Å². The Bertz CT molecular complexity index is 417. The van der Waals surface area contributed by atoms with Crippen LogP contribution in [0, 0.1) is 17.3 Å². The maximum Gasteiger partial charge on any atom is 0.334 e. The first-order chi connectivity index (χ1) is 8.36. The van der Waals surface area contributed by atoms with Crippen LogP contribution in [0.4, 0.5) is 0 Å². The SMILES string of the molecule is CCOC(=O)C1(C)N=CC2(C)C(C)CCC(=O)C12. The van der Waals surface area contributed by atoms with Crippen molar-refractivity contribution in [1.82, 2.24) is 0 Å². The van der Waals surface area contributed by atoms with Gasteiger partial charge in [0.15, 0.2) is 5.54 Å². The maximum atomic E-state index is 12.3. The molecule has 0 aromatic carbocycles. The number of ether oxygens (including phenoxy) is 1. The van der Waals surface area contributed by atoms with Gasteiger partial charge < -0.3 is 4.74 Å². The van der Waals surface area contributed by atoms with Gasteiger partial charge in [0.1, 0.15) is 5.78 Å². The van der Waals surface area contributed by atoms with Gasteiger partial charge in [0.2, 0.25) is 0 Å². The van der Waals surface area contributed by atoms with E-state index in [0.29, 0.717) is 18.9 Å². The number of nitrogens with zero attached hydrogens (tertiary/aromatic N) is 1. The molecule has 0 N–H and O–H groups in total. The molecule has 18 heavy (non-hydrogen) atoms. The van der Waals surface area contributed by atoms with Crippen molar-refractivity contribution in [2.24, 2.45) is 22.2 Å². The molecule has 4 unspecified atom stereocenters. The number of carbonyl (C=O) groups is 2. The Morgan fingerprint density at radius 1 is 1.56 bits per heavy atom. The Kier molecular flexibility index (Phi) is 3.07. The molecule has 2 aliphatic rings. The van der Waals surface area contributed by atoms with Crippen molar-refractivity contribution in [3.63, 3.8) is 0 Å². The van der Waals surface area contributed by atoms with Crippen LogP contribution in [0.2, 0.25) is 0 Å². The van der Waals surface area contributed by atoms with Gasteiger partial charge >= 0.3 is 5.97 Å². The summed E-state index contributed by atoms with van der Waals surface area (Å²) in [5.74, 6) is -0.242. The summed E-state index contributed by atoms with van der Waals surface area (Å²) in [7, 11) is 0. The van der Waals surface area contributed by atoms with Crippen LogP contribution in [0.15, 0.2) is 4.99 Å². The van der Waals surface area contributed by atoms with Gasteiger partial charge in [-0.05, 0) is 26.2 Å². The fraction of sp³-hybridized carbons (Fsp3) is 0.786. The first-order valence-corrected chi connectivity index (χ1v) is 6.62. The molecular formula is C14H21NO3. The Morgan fingerprint density at radius 2 is 2.22 bits per heavy atom. The highest BCUT2D eigenvalue weighted by Crippen LogP contribution is 2.52. The van der Waals surface area contributed by atoms with Crippen LogP contribution in [0.25, 0.3) is 0 Å². The normalized spacial score (nSPS) is 42.8. The van der Waals surface area contributed by atoms with Crippen LogP contribution in [0.5, 0.6) is 0 Å². The number of aliphatic imine (C=N–C) groups is 1. The quantitative estimate of drug-likeness (QED) is 0.705. The van der Waals surface area contributed by atoms with E-state index in [1.165, 1.54) is 0 Å². The van der Waals surface area contributed by atoms with Gasteiger partial charge in [-0.15, -0.1) is 0 Å². The van der Waals surface area contributed by atoms with E-state index in [-0.39, 0.29) is 23.1 Å². The molecule has 0 saturated heterocycles. The molecular weight excluding hydrogens is 230 g/mol. The molecule has 1 saturated carbocycles. The van der Waals surface area contributed by atoms with E-state index in [4.69, 9.17) is 4.74 Å². The molecule has 0 radical (unpaired) electrons. The van der Waals surface area contributed by atoms with Crippen molar-refractivity contribution in [3.05, 3.63) is 0 Å². The van der Waals surface area contributed by atoms with E-state index in [2.05, 4.69) is 11.9 Å². The van der Waals surface area contributed by atoms with E-state index in [0.717, 1.165) is 6.42 Å². The highest BCUT2D eigenvalue weighted by atomic mass is 16.5. The van der Waals surface area contributed by atoms with Crippen LogP contribution in [-0.2, 0) is 14.3 Å². The third-order valence-electron chi connectivity index (χ3n) is 4.69. The zero-order valence-electron chi connectivity index (χ0n) is 11.5. The number of carbonyl (C=O) groups excluding carboxylic acids is 2. The zero-order valence-corrected chi connectivity index (χ0v) is 11.5. The zero-order chi connectivity index (χ0) is 13.6. The number of hydrogen-bond donors (Lipinski definition) is 0. The first-order valence-electron chi connectivity index (χ1n) is 6.62. The van der Waals surface area contributed by atoms with Crippen LogP contribution in [-0.4, -0.2) is 30.1 Å². The largest absolute Gasteiger partial charge is 0.464 e. The van der Waals surface area contributed by atoms with Crippen molar-refractivity contribution in [2.75, 3.05) is 6.61 Å². The predicted octanol–water partition coefficient (Wildman–Crippen LogP) is 2.01. The van der Waals surface area contributed by atoms with Crippen LogP contribution in [0.3, 0.4) is 0 Å². The average molecular weight is 251 g/mol. The number of Topliss-reactive ketones (excluding diaryl/α,β-unsaturated/α-hetero) is 1. The summed E-state index contributed by atoms with van der Waals surface area (Å²) in [4.78, 5) is 28.8. The van der Waals surface area contributed by atoms with Gasteiger partial charge in [-0.25, -0.2) is 4.79 Å². The molecule has 0 aromatic rings. The van der Waals surface area contributed by atoms with E-state index >= 15 is 0 Å². The monoisotopic (exact) mass is 251 g/mol. The topological polar surface area (TPSA) is 55.7 Å². The van der Waals surface area contributed by atoms with Crippen LogP contribution < -0.4 is 0 Å². The minimum absolute atomic E-state index is 0.142. The molecule has 1 heterocycles. The van der Waals surface area contributed by atoms with E-state index in [1.54, 1.807) is 13.8 Å². The minimum Gasteiger partial charge on any atom is -0.464 e. The highest BCUT2D eigenvalue weighted by molar-refractivity contribution is 5.99. The summed E-state index contributed by atoms with van der Waals surface area (Å²) in [6, 6.07) is 0. The maximum absolute atomic E-state index is 12.3. The molecule has 100 valence electrons. The summed E-state index contributed by atoms with van der Waals surface area (Å²) in [5, 5.41) is 0. The van der Waals surface area contributed by atoms with E-state index < -0.39 is 5.54 Å². The van der Waals surface area contributed by atoms with Gasteiger partial charge in [0.25, 0.3) is 0 Å². The van der Waals surface area contributed by atoms with Gasteiger partial charge in [-0.1, -0.05) is 13.8 Å². The number of rotatable bonds is 2. The number of esters is 1. The third kappa shape index (κ3) is 1.62. The lowest BCUT2D eigenvalue weighted by atomic mass is 9.58. The van der Waals surface area contributed by atoms with Crippen molar-refractivity contribution in [3.8, 4) is 0 Å². The second-order valence-electron chi connectivity index (χ2n) is 5.83. The standard InChI is InChI=1S/C14H21NO3/c1-5-18-12(17)14(4)11-10(16)7-6-9(2)13(11,3)8-15-14/h8-9,11H,5-7H2,1-4H3. The summed E-state index contributed by atoms with van der Waals surface area (Å²) < 4.78 is 5.10. The molecule has 2 rings (SSSR count). The summed E-state index contributed by atoms with van der Waals surface area (Å²) in [5.41, 5.74) is -1.34. The fourth-order valence-corrected chi connectivity index (χ4v) is 3.36. The molecule has 4 atom stereocenters. The van der Waals surface area contributed by atoms with Gasteiger partial charge in [0.05, 0.1) is 12.5 Å². The molecule has 4 heteroatoms. The Labute approximate surface area is 108 Å². The van der Waals surface area contributed by atoms with Crippen molar-refractivity contribution < 1.29 is 14.3 Å².